The molecule has 0 spiro atoms. The number of hydrogen-bond acceptors (Lipinski definition) is 8. The zero-order valence-corrected chi connectivity index (χ0v) is 18.8. The van der Waals surface area contributed by atoms with E-state index in [0.717, 1.165) is 16.7 Å². The average Bonchev–Trinajstić information content (AvgIpc) is 3.35. The molecule has 1 N–H and O–H groups in total. The molecule has 0 radical (unpaired) electrons. The number of imide groups is 1. The van der Waals surface area contributed by atoms with Crippen molar-refractivity contribution in [1.29, 1.82) is 0 Å². The Morgan fingerprint density at radius 3 is 2.76 bits per heavy atom. The molecule has 33 heavy (non-hydrogen) atoms. The summed E-state index contributed by atoms with van der Waals surface area (Å²) in [4.78, 5) is 50.5. The van der Waals surface area contributed by atoms with E-state index in [0.29, 0.717) is 17.1 Å². The van der Waals surface area contributed by atoms with Crippen molar-refractivity contribution in [2.24, 2.45) is 0 Å². The molecule has 9 nitrogen and oxygen atoms in total. The average molecular weight is 489 g/mol. The van der Waals surface area contributed by atoms with Crippen molar-refractivity contribution in [3.8, 4) is 11.5 Å². The van der Waals surface area contributed by atoms with E-state index in [1.54, 1.807) is 31.2 Å². The van der Waals surface area contributed by atoms with Gasteiger partial charge in [0.15, 0.2) is 11.5 Å². The Labute approximate surface area is 197 Å². The van der Waals surface area contributed by atoms with E-state index >= 15 is 0 Å². The second-order valence-corrected chi connectivity index (χ2v) is 8.24. The molecular weight excluding hydrogens is 472 g/mol. The Hall–Kier alpha value is -3.50. The highest BCUT2D eigenvalue weighted by Crippen LogP contribution is 2.36. The number of amides is 3. The van der Waals surface area contributed by atoms with Crippen molar-refractivity contribution >= 4 is 58.1 Å². The molecule has 0 unspecified atom stereocenters. The molecule has 1 saturated heterocycles. The summed E-state index contributed by atoms with van der Waals surface area (Å²) in [7, 11) is 0. The maximum absolute atomic E-state index is 12.7. The highest BCUT2D eigenvalue weighted by atomic mass is 35.5. The van der Waals surface area contributed by atoms with Crippen LogP contribution in [0.3, 0.4) is 0 Å². The van der Waals surface area contributed by atoms with Gasteiger partial charge in [0.25, 0.3) is 11.1 Å². The van der Waals surface area contributed by atoms with Gasteiger partial charge in [-0.1, -0.05) is 17.7 Å². The van der Waals surface area contributed by atoms with Crippen molar-refractivity contribution in [3.05, 3.63) is 57.5 Å². The minimum Gasteiger partial charge on any atom is -0.462 e. The number of thioether (sulfide) groups is 1. The number of rotatable bonds is 6. The van der Waals surface area contributed by atoms with Crippen LogP contribution in [0.4, 0.5) is 10.5 Å². The number of hydrogen-bond donors (Lipinski definition) is 1. The number of ether oxygens (including phenoxy) is 3. The number of benzene rings is 2. The Morgan fingerprint density at radius 2 is 1.97 bits per heavy atom. The molecule has 2 heterocycles. The van der Waals surface area contributed by atoms with Crippen LogP contribution in [0, 0.1) is 0 Å². The van der Waals surface area contributed by atoms with Crippen molar-refractivity contribution in [3.63, 3.8) is 0 Å². The highest BCUT2D eigenvalue weighted by molar-refractivity contribution is 8.18. The number of halogens is 1. The lowest BCUT2D eigenvalue weighted by Crippen LogP contribution is -2.36. The molecule has 0 bridgehead atoms. The van der Waals surface area contributed by atoms with E-state index < -0.39 is 29.6 Å². The Balaban J connectivity index is 1.43. The number of esters is 1. The molecule has 170 valence electrons. The number of carbonyl (C=O) groups is 4. The van der Waals surface area contributed by atoms with Crippen LogP contribution in [0.1, 0.15) is 22.8 Å². The summed E-state index contributed by atoms with van der Waals surface area (Å²) in [6.45, 7) is 1.47. The molecule has 0 atom stereocenters. The van der Waals surface area contributed by atoms with Gasteiger partial charge in [0.05, 0.1) is 22.1 Å². The Kier molecular flexibility index (Phi) is 6.57. The summed E-state index contributed by atoms with van der Waals surface area (Å²) < 4.78 is 15.5. The van der Waals surface area contributed by atoms with Crippen molar-refractivity contribution < 1.29 is 33.4 Å². The first-order valence-electron chi connectivity index (χ1n) is 9.77. The minimum atomic E-state index is -0.627. The maximum atomic E-state index is 12.7. The van der Waals surface area contributed by atoms with Crippen LogP contribution in [0.5, 0.6) is 11.5 Å². The first-order chi connectivity index (χ1) is 15.9. The molecule has 0 saturated carbocycles. The first kappa shape index (κ1) is 22.7. The highest BCUT2D eigenvalue weighted by Gasteiger charge is 2.36. The van der Waals surface area contributed by atoms with Crippen LogP contribution >= 0.6 is 23.4 Å². The third kappa shape index (κ3) is 4.96. The number of nitrogens with zero attached hydrogens (tertiary/aromatic N) is 1. The molecule has 0 aromatic heterocycles. The lowest BCUT2D eigenvalue weighted by Gasteiger charge is -2.13. The van der Waals surface area contributed by atoms with E-state index in [1.807, 2.05) is 0 Å². The number of carbonyl (C=O) groups excluding carboxylic acids is 4. The molecule has 2 aliphatic rings. The van der Waals surface area contributed by atoms with E-state index in [9.17, 15) is 19.2 Å². The van der Waals surface area contributed by atoms with Crippen LogP contribution in [-0.4, -0.2) is 47.9 Å². The third-order valence-corrected chi connectivity index (χ3v) is 5.85. The van der Waals surface area contributed by atoms with Gasteiger partial charge in [-0.05, 0) is 60.7 Å². The topological polar surface area (TPSA) is 111 Å². The molecule has 4 rings (SSSR count). The molecule has 0 aliphatic carbocycles. The summed E-state index contributed by atoms with van der Waals surface area (Å²) in [6, 6.07) is 9.45. The van der Waals surface area contributed by atoms with Crippen LogP contribution in [0.25, 0.3) is 6.08 Å². The van der Waals surface area contributed by atoms with Gasteiger partial charge in [-0.3, -0.25) is 19.3 Å². The minimum absolute atomic E-state index is 0.0918. The lowest BCUT2D eigenvalue weighted by molar-refractivity contribution is -0.127. The molecule has 11 heteroatoms. The standard InChI is InChI=1S/C22H17ClN2O7S/c1-2-30-21(28)14-9-13(4-5-15(14)23)24-19(26)10-25-20(27)18(33-22(25)29)8-12-3-6-16-17(7-12)32-11-31-16/h3-9H,2,10-11H2,1H3,(H,24,26)/b18-8+. The van der Waals surface area contributed by atoms with Gasteiger partial charge >= 0.3 is 5.97 Å². The van der Waals surface area contributed by atoms with Crippen molar-refractivity contribution in [2.45, 2.75) is 6.92 Å². The fourth-order valence-electron chi connectivity index (χ4n) is 3.10. The molecule has 2 aromatic carbocycles. The lowest BCUT2D eigenvalue weighted by atomic mass is 10.2. The van der Waals surface area contributed by atoms with E-state index in [1.165, 1.54) is 18.2 Å². The second-order valence-electron chi connectivity index (χ2n) is 6.84. The van der Waals surface area contributed by atoms with E-state index in [2.05, 4.69) is 5.32 Å². The third-order valence-electron chi connectivity index (χ3n) is 4.62. The van der Waals surface area contributed by atoms with Crippen molar-refractivity contribution in [2.75, 3.05) is 25.3 Å². The fourth-order valence-corrected chi connectivity index (χ4v) is 4.14. The van der Waals surface area contributed by atoms with Gasteiger partial charge < -0.3 is 19.5 Å². The molecular formula is C22H17ClN2O7S. The quantitative estimate of drug-likeness (QED) is 0.481. The number of fused-ring (bicyclic) bond motifs is 1. The SMILES string of the molecule is CCOC(=O)c1cc(NC(=O)CN2C(=O)S/C(=C/c3ccc4c(c3)OCO4)C2=O)ccc1Cl. The van der Waals surface area contributed by atoms with Gasteiger partial charge in [-0.2, -0.15) is 0 Å². The van der Waals surface area contributed by atoms with Crippen LogP contribution in [0.15, 0.2) is 41.3 Å². The Bertz CT molecular complexity index is 1200. The number of anilines is 1. The van der Waals surface area contributed by atoms with Crippen LogP contribution < -0.4 is 14.8 Å². The predicted molar refractivity (Wildman–Crippen MR) is 121 cm³/mol. The normalized spacial score (nSPS) is 15.8. The van der Waals surface area contributed by atoms with Gasteiger partial charge in [-0.25, -0.2) is 4.79 Å². The molecule has 3 amide bonds. The predicted octanol–water partition coefficient (Wildman–Crippen LogP) is 3.92. The largest absolute Gasteiger partial charge is 0.462 e. The van der Waals surface area contributed by atoms with Crippen LogP contribution in [0.2, 0.25) is 5.02 Å². The maximum Gasteiger partial charge on any atom is 0.339 e. The summed E-state index contributed by atoms with van der Waals surface area (Å²) in [5.41, 5.74) is 1.02. The number of nitrogens with one attached hydrogen (secondary N) is 1. The van der Waals surface area contributed by atoms with Gasteiger partial charge in [0.1, 0.15) is 6.54 Å². The smallest absolute Gasteiger partial charge is 0.339 e. The second kappa shape index (κ2) is 9.55. The molecule has 1 fully saturated rings. The molecule has 2 aliphatic heterocycles. The summed E-state index contributed by atoms with van der Waals surface area (Å²) >= 11 is 6.76. The summed E-state index contributed by atoms with van der Waals surface area (Å²) in [5.74, 6) is -0.671. The van der Waals surface area contributed by atoms with E-state index in [-0.39, 0.29) is 34.6 Å². The van der Waals surface area contributed by atoms with E-state index in [4.69, 9.17) is 25.8 Å². The zero-order chi connectivity index (χ0) is 23.5. The fraction of sp³-hybridized carbons (Fsp3) is 0.182. The monoisotopic (exact) mass is 488 g/mol. The van der Waals surface area contributed by atoms with Gasteiger partial charge in [0.2, 0.25) is 12.7 Å². The van der Waals surface area contributed by atoms with Crippen molar-refractivity contribution in [1.82, 2.24) is 4.90 Å². The first-order valence-corrected chi connectivity index (χ1v) is 11.0. The molecule has 2 aromatic rings. The van der Waals surface area contributed by atoms with Gasteiger partial charge in [-0.15, -0.1) is 0 Å². The zero-order valence-electron chi connectivity index (χ0n) is 17.3. The Morgan fingerprint density at radius 1 is 1.18 bits per heavy atom. The van der Waals surface area contributed by atoms with Crippen LogP contribution in [-0.2, 0) is 14.3 Å². The van der Waals surface area contributed by atoms with Gasteiger partial charge in [0, 0.05) is 5.69 Å². The summed E-state index contributed by atoms with van der Waals surface area (Å²) in [5, 5.41) is 2.16. The summed E-state index contributed by atoms with van der Waals surface area (Å²) in [6.07, 6.45) is 1.55.